The molecule has 2 nitrogen and oxygen atoms in total. The van der Waals surface area contributed by atoms with Crippen molar-refractivity contribution in [2.75, 3.05) is 6.61 Å². The first-order chi connectivity index (χ1) is 10.1. The van der Waals surface area contributed by atoms with E-state index in [0.29, 0.717) is 23.2 Å². The van der Waals surface area contributed by atoms with Crippen LogP contribution >= 0.6 is 23.2 Å². The van der Waals surface area contributed by atoms with Crippen LogP contribution in [0, 0.1) is 0 Å². The Hall–Kier alpha value is -1.22. The number of nitrogens with one attached hydrogen (secondary N) is 1. The molecule has 1 atom stereocenters. The third kappa shape index (κ3) is 4.37. The quantitative estimate of drug-likeness (QED) is 0.784. The number of rotatable bonds is 6. The minimum absolute atomic E-state index is 0.202. The van der Waals surface area contributed by atoms with Gasteiger partial charge in [0.25, 0.3) is 0 Å². The molecule has 21 heavy (non-hydrogen) atoms. The molecule has 1 unspecified atom stereocenters. The molecular formula is C17H19Cl2NO. The van der Waals surface area contributed by atoms with E-state index in [9.17, 15) is 0 Å². The average molecular weight is 324 g/mol. The zero-order chi connectivity index (χ0) is 15.2. The first-order valence-corrected chi connectivity index (χ1v) is 7.76. The average Bonchev–Trinajstić information content (AvgIpc) is 2.47. The van der Waals surface area contributed by atoms with E-state index >= 15 is 0 Å². The molecule has 2 aromatic carbocycles. The van der Waals surface area contributed by atoms with E-state index in [1.165, 1.54) is 5.56 Å². The standard InChI is InChI=1S/C17H19Cl2NO/c1-3-21-14-9-7-13(8-10-14)12(2)20-11-15-16(18)5-4-6-17(15)19/h4-10,12,20H,3,11H2,1-2H3. The van der Waals surface area contributed by atoms with Gasteiger partial charge in [-0.25, -0.2) is 0 Å². The van der Waals surface area contributed by atoms with Crippen molar-refractivity contribution in [3.05, 3.63) is 63.6 Å². The highest BCUT2D eigenvalue weighted by Crippen LogP contribution is 2.25. The Bertz CT molecular complexity index is 564. The highest BCUT2D eigenvalue weighted by molar-refractivity contribution is 6.35. The fraction of sp³-hybridized carbons (Fsp3) is 0.294. The summed E-state index contributed by atoms with van der Waals surface area (Å²) in [5, 5.41) is 4.82. The van der Waals surface area contributed by atoms with Crippen LogP contribution in [0.2, 0.25) is 10.0 Å². The molecule has 0 aliphatic rings. The van der Waals surface area contributed by atoms with Crippen LogP contribution in [0.15, 0.2) is 42.5 Å². The van der Waals surface area contributed by atoms with Crippen molar-refractivity contribution in [2.24, 2.45) is 0 Å². The Balaban J connectivity index is 1.99. The SMILES string of the molecule is CCOc1ccc(C(C)NCc2c(Cl)cccc2Cl)cc1. The van der Waals surface area contributed by atoms with Crippen LogP contribution in [-0.4, -0.2) is 6.61 Å². The molecule has 2 rings (SSSR count). The van der Waals surface area contributed by atoms with Crippen molar-refractivity contribution in [3.8, 4) is 5.75 Å². The van der Waals surface area contributed by atoms with Crippen molar-refractivity contribution in [1.29, 1.82) is 0 Å². The Morgan fingerprint density at radius 3 is 2.24 bits per heavy atom. The van der Waals surface area contributed by atoms with Gasteiger partial charge in [-0.2, -0.15) is 0 Å². The normalized spacial score (nSPS) is 12.2. The van der Waals surface area contributed by atoms with E-state index in [-0.39, 0.29) is 6.04 Å². The molecule has 0 fully saturated rings. The van der Waals surface area contributed by atoms with Gasteiger partial charge in [0, 0.05) is 28.2 Å². The van der Waals surface area contributed by atoms with Crippen molar-refractivity contribution in [1.82, 2.24) is 5.32 Å². The molecule has 0 bridgehead atoms. The van der Waals surface area contributed by atoms with Gasteiger partial charge in [0.15, 0.2) is 0 Å². The molecule has 0 amide bonds. The maximum Gasteiger partial charge on any atom is 0.119 e. The lowest BCUT2D eigenvalue weighted by Gasteiger charge is -2.16. The second kappa shape index (κ2) is 7.69. The van der Waals surface area contributed by atoms with E-state index in [0.717, 1.165) is 11.3 Å². The Morgan fingerprint density at radius 2 is 1.67 bits per heavy atom. The molecule has 0 saturated carbocycles. The van der Waals surface area contributed by atoms with E-state index in [4.69, 9.17) is 27.9 Å². The first kappa shape index (κ1) is 16.2. The van der Waals surface area contributed by atoms with Gasteiger partial charge in [0.2, 0.25) is 0 Å². The number of hydrogen-bond donors (Lipinski definition) is 1. The summed E-state index contributed by atoms with van der Waals surface area (Å²) in [6.07, 6.45) is 0. The van der Waals surface area contributed by atoms with E-state index in [2.05, 4.69) is 24.4 Å². The third-order valence-corrected chi connectivity index (χ3v) is 4.05. The van der Waals surface area contributed by atoms with Crippen LogP contribution in [0.1, 0.15) is 31.0 Å². The van der Waals surface area contributed by atoms with Gasteiger partial charge in [-0.3, -0.25) is 0 Å². The van der Waals surface area contributed by atoms with Crippen molar-refractivity contribution >= 4 is 23.2 Å². The summed E-state index contributed by atoms with van der Waals surface area (Å²) in [5.74, 6) is 0.891. The molecule has 0 aromatic heterocycles. The topological polar surface area (TPSA) is 21.3 Å². The van der Waals surface area contributed by atoms with Crippen LogP contribution < -0.4 is 10.1 Å². The second-order valence-electron chi connectivity index (χ2n) is 4.80. The highest BCUT2D eigenvalue weighted by atomic mass is 35.5. The maximum absolute atomic E-state index is 6.17. The highest BCUT2D eigenvalue weighted by Gasteiger charge is 2.09. The molecule has 0 saturated heterocycles. The number of hydrogen-bond acceptors (Lipinski definition) is 2. The zero-order valence-electron chi connectivity index (χ0n) is 12.2. The lowest BCUT2D eigenvalue weighted by Crippen LogP contribution is -2.18. The third-order valence-electron chi connectivity index (χ3n) is 3.34. The molecule has 0 aliphatic carbocycles. The van der Waals surface area contributed by atoms with Crippen LogP contribution in [0.4, 0.5) is 0 Å². The van der Waals surface area contributed by atoms with Crippen LogP contribution in [0.3, 0.4) is 0 Å². The molecule has 0 radical (unpaired) electrons. The summed E-state index contributed by atoms with van der Waals surface area (Å²) in [7, 11) is 0. The first-order valence-electron chi connectivity index (χ1n) is 7.01. The molecule has 4 heteroatoms. The van der Waals surface area contributed by atoms with E-state index in [1.54, 1.807) is 0 Å². The fourth-order valence-electron chi connectivity index (χ4n) is 2.09. The Kier molecular flexibility index (Phi) is 5.92. The summed E-state index contributed by atoms with van der Waals surface area (Å²) < 4.78 is 5.45. The summed E-state index contributed by atoms with van der Waals surface area (Å²) in [6.45, 7) is 5.40. The monoisotopic (exact) mass is 323 g/mol. The van der Waals surface area contributed by atoms with Crippen LogP contribution in [0.5, 0.6) is 5.75 Å². The van der Waals surface area contributed by atoms with Gasteiger partial charge in [0.1, 0.15) is 5.75 Å². The van der Waals surface area contributed by atoms with Gasteiger partial charge >= 0.3 is 0 Å². The van der Waals surface area contributed by atoms with E-state index in [1.807, 2.05) is 37.3 Å². The molecule has 1 N–H and O–H groups in total. The summed E-state index contributed by atoms with van der Waals surface area (Å²) in [4.78, 5) is 0. The Morgan fingerprint density at radius 1 is 1.05 bits per heavy atom. The number of ether oxygens (including phenoxy) is 1. The van der Waals surface area contributed by atoms with Gasteiger partial charge in [0.05, 0.1) is 6.61 Å². The van der Waals surface area contributed by atoms with Gasteiger partial charge < -0.3 is 10.1 Å². The predicted molar refractivity (Wildman–Crippen MR) is 89.3 cm³/mol. The van der Waals surface area contributed by atoms with Gasteiger partial charge in [-0.15, -0.1) is 0 Å². The predicted octanol–water partition coefficient (Wildman–Crippen LogP) is 5.24. The number of benzene rings is 2. The van der Waals surface area contributed by atoms with Crippen molar-refractivity contribution in [3.63, 3.8) is 0 Å². The van der Waals surface area contributed by atoms with Crippen LogP contribution in [-0.2, 0) is 6.54 Å². The second-order valence-corrected chi connectivity index (χ2v) is 5.62. The number of halogens is 2. The lowest BCUT2D eigenvalue weighted by atomic mass is 10.1. The summed E-state index contributed by atoms with van der Waals surface area (Å²) >= 11 is 12.3. The molecule has 0 aliphatic heterocycles. The minimum Gasteiger partial charge on any atom is -0.494 e. The maximum atomic E-state index is 6.17. The lowest BCUT2D eigenvalue weighted by molar-refractivity contribution is 0.340. The fourth-order valence-corrected chi connectivity index (χ4v) is 2.62. The minimum atomic E-state index is 0.202. The molecule has 0 heterocycles. The molecule has 112 valence electrons. The van der Waals surface area contributed by atoms with Gasteiger partial charge in [-0.1, -0.05) is 41.4 Å². The zero-order valence-corrected chi connectivity index (χ0v) is 13.7. The smallest absolute Gasteiger partial charge is 0.119 e. The summed E-state index contributed by atoms with van der Waals surface area (Å²) in [6, 6.07) is 13.9. The summed E-state index contributed by atoms with van der Waals surface area (Å²) in [5.41, 5.74) is 2.13. The van der Waals surface area contributed by atoms with Crippen LogP contribution in [0.25, 0.3) is 0 Å². The van der Waals surface area contributed by atoms with Gasteiger partial charge in [-0.05, 0) is 43.7 Å². The van der Waals surface area contributed by atoms with Crippen molar-refractivity contribution in [2.45, 2.75) is 26.4 Å². The molecule has 0 spiro atoms. The molecular weight excluding hydrogens is 305 g/mol. The molecule has 2 aromatic rings. The largest absolute Gasteiger partial charge is 0.494 e. The Labute approximate surface area is 136 Å². The van der Waals surface area contributed by atoms with Crippen molar-refractivity contribution < 1.29 is 4.74 Å². The van der Waals surface area contributed by atoms with E-state index < -0.39 is 0 Å².